The predicted octanol–water partition coefficient (Wildman–Crippen LogP) is 5.62. The summed E-state index contributed by atoms with van der Waals surface area (Å²) in [6, 6.07) is 9.01. The highest BCUT2D eigenvalue weighted by Gasteiger charge is 2.39. The van der Waals surface area contributed by atoms with Gasteiger partial charge < -0.3 is 4.90 Å². The van der Waals surface area contributed by atoms with Gasteiger partial charge in [0.15, 0.2) is 0 Å². The Labute approximate surface area is 148 Å². The number of carbonyl (C=O) groups is 1. The van der Waals surface area contributed by atoms with Crippen LogP contribution in [0.3, 0.4) is 0 Å². The molecule has 138 valence electrons. The molecule has 2 nitrogen and oxygen atoms in total. The third-order valence-corrected chi connectivity index (χ3v) is 3.74. The number of allylic oxidation sites excluding steroid dienone is 2. The van der Waals surface area contributed by atoms with Crippen LogP contribution in [0.4, 0.5) is 13.2 Å². The highest BCUT2D eigenvalue weighted by Crippen LogP contribution is 2.28. The molecule has 0 aliphatic carbocycles. The van der Waals surface area contributed by atoms with Crippen molar-refractivity contribution in [1.82, 2.24) is 4.90 Å². The van der Waals surface area contributed by atoms with E-state index in [0.717, 1.165) is 24.5 Å². The van der Waals surface area contributed by atoms with Gasteiger partial charge in [-0.1, -0.05) is 69.2 Å². The highest BCUT2D eigenvalue weighted by atomic mass is 19.4. The summed E-state index contributed by atoms with van der Waals surface area (Å²) in [5.74, 6) is -0.938. The largest absolute Gasteiger partial charge is 0.421 e. The van der Waals surface area contributed by atoms with E-state index in [1.807, 2.05) is 19.9 Å². The quantitative estimate of drug-likeness (QED) is 0.417. The lowest BCUT2D eigenvalue weighted by Crippen LogP contribution is -2.37. The van der Waals surface area contributed by atoms with Gasteiger partial charge in [-0.2, -0.15) is 13.2 Å². The summed E-state index contributed by atoms with van der Waals surface area (Å²) in [6.45, 7) is 4.60. The van der Waals surface area contributed by atoms with E-state index < -0.39 is 17.7 Å². The summed E-state index contributed by atoms with van der Waals surface area (Å²) in [4.78, 5) is 13.8. The molecule has 0 spiro atoms. The second-order valence-corrected chi connectivity index (χ2v) is 5.85. The molecule has 0 N–H and O–H groups in total. The number of benzene rings is 1. The SMILES string of the molecule is CCCCN(CCCC)C(=O)/C(=C/C=C/c1ccccc1)C(F)(F)F. The summed E-state index contributed by atoms with van der Waals surface area (Å²) in [5.41, 5.74) is -0.339. The van der Waals surface area contributed by atoms with Crippen molar-refractivity contribution in [3.8, 4) is 0 Å². The Hall–Kier alpha value is -2.04. The zero-order chi connectivity index (χ0) is 18.7. The fourth-order valence-electron chi connectivity index (χ4n) is 2.29. The van der Waals surface area contributed by atoms with Crippen molar-refractivity contribution in [2.24, 2.45) is 0 Å². The lowest BCUT2D eigenvalue weighted by Gasteiger charge is -2.24. The van der Waals surface area contributed by atoms with Crippen LogP contribution in [-0.4, -0.2) is 30.1 Å². The van der Waals surface area contributed by atoms with E-state index in [0.29, 0.717) is 25.9 Å². The molecule has 1 rings (SSSR count). The van der Waals surface area contributed by atoms with Gasteiger partial charge in [-0.25, -0.2) is 0 Å². The highest BCUT2D eigenvalue weighted by molar-refractivity contribution is 5.95. The van der Waals surface area contributed by atoms with Gasteiger partial charge in [0.1, 0.15) is 5.57 Å². The lowest BCUT2D eigenvalue weighted by atomic mass is 10.1. The van der Waals surface area contributed by atoms with Crippen molar-refractivity contribution in [3.05, 3.63) is 53.6 Å². The van der Waals surface area contributed by atoms with Gasteiger partial charge in [0.25, 0.3) is 5.91 Å². The number of halogens is 3. The first kappa shape index (κ1) is 21.0. The van der Waals surface area contributed by atoms with Crippen molar-refractivity contribution in [3.63, 3.8) is 0 Å². The van der Waals surface area contributed by atoms with Crippen molar-refractivity contribution < 1.29 is 18.0 Å². The number of hydrogen-bond donors (Lipinski definition) is 0. The van der Waals surface area contributed by atoms with Crippen LogP contribution >= 0.6 is 0 Å². The number of hydrogen-bond acceptors (Lipinski definition) is 1. The molecule has 0 radical (unpaired) electrons. The lowest BCUT2D eigenvalue weighted by molar-refractivity contribution is -0.139. The Bertz CT molecular complexity index is 568. The second-order valence-electron chi connectivity index (χ2n) is 5.85. The van der Waals surface area contributed by atoms with Gasteiger partial charge in [-0.05, 0) is 24.5 Å². The first-order chi connectivity index (χ1) is 11.9. The van der Waals surface area contributed by atoms with Crippen LogP contribution in [0.1, 0.15) is 45.1 Å². The van der Waals surface area contributed by atoms with Crippen molar-refractivity contribution in [2.75, 3.05) is 13.1 Å². The molecular formula is C20H26F3NO. The van der Waals surface area contributed by atoms with Crippen LogP contribution in [0.15, 0.2) is 48.1 Å². The Morgan fingerprint density at radius 2 is 1.60 bits per heavy atom. The van der Waals surface area contributed by atoms with E-state index in [9.17, 15) is 18.0 Å². The normalized spacial score (nSPS) is 12.6. The van der Waals surface area contributed by atoms with Crippen LogP contribution in [0.2, 0.25) is 0 Å². The summed E-state index contributed by atoms with van der Waals surface area (Å²) >= 11 is 0. The molecule has 0 bridgehead atoms. The van der Waals surface area contributed by atoms with Crippen LogP contribution < -0.4 is 0 Å². The fraction of sp³-hybridized carbons (Fsp3) is 0.450. The zero-order valence-corrected chi connectivity index (χ0v) is 14.9. The summed E-state index contributed by atoms with van der Waals surface area (Å²) in [7, 11) is 0. The maximum Gasteiger partial charge on any atom is 0.421 e. The third kappa shape index (κ3) is 7.59. The van der Waals surface area contributed by atoms with Gasteiger partial charge >= 0.3 is 6.18 Å². The minimum Gasteiger partial charge on any atom is -0.339 e. The van der Waals surface area contributed by atoms with Crippen LogP contribution in [0.5, 0.6) is 0 Å². The molecule has 0 saturated heterocycles. The molecule has 1 aromatic rings. The van der Waals surface area contributed by atoms with E-state index in [1.54, 1.807) is 30.3 Å². The van der Waals surface area contributed by atoms with Crippen LogP contribution in [0.25, 0.3) is 6.08 Å². The van der Waals surface area contributed by atoms with E-state index in [2.05, 4.69) is 0 Å². The second kappa shape index (κ2) is 10.7. The minimum absolute atomic E-state index is 0.352. The van der Waals surface area contributed by atoms with Crippen molar-refractivity contribution >= 4 is 12.0 Å². The molecule has 0 unspecified atom stereocenters. The number of carbonyl (C=O) groups excluding carboxylic acids is 1. The Morgan fingerprint density at radius 1 is 1.04 bits per heavy atom. The van der Waals surface area contributed by atoms with Crippen LogP contribution in [-0.2, 0) is 4.79 Å². The fourth-order valence-corrected chi connectivity index (χ4v) is 2.29. The molecule has 0 fully saturated rings. The average molecular weight is 353 g/mol. The molecule has 0 saturated carbocycles. The van der Waals surface area contributed by atoms with Crippen molar-refractivity contribution in [2.45, 2.75) is 45.7 Å². The Morgan fingerprint density at radius 3 is 2.08 bits per heavy atom. The molecular weight excluding hydrogens is 327 g/mol. The Kier molecular flexibility index (Phi) is 9.03. The van der Waals surface area contributed by atoms with Gasteiger partial charge in [0.2, 0.25) is 0 Å². The maximum atomic E-state index is 13.4. The average Bonchev–Trinajstić information content (AvgIpc) is 2.58. The topological polar surface area (TPSA) is 20.3 Å². The summed E-state index contributed by atoms with van der Waals surface area (Å²) < 4.78 is 40.1. The molecule has 0 atom stereocenters. The minimum atomic E-state index is -4.67. The number of nitrogens with zero attached hydrogens (tertiary/aromatic N) is 1. The molecule has 0 aliphatic rings. The standard InChI is InChI=1S/C20H26F3NO/c1-3-5-15-24(16-6-4-2)19(25)18(20(21,22)23)14-10-13-17-11-8-7-9-12-17/h7-14H,3-6,15-16H2,1-2H3/b13-10+,18-14-. The molecule has 5 heteroatoms. The zero-order valence-electron chi connectivity index (χ0n) is 14.9. The van der Waals surface area contributed by atoms with E-state index in [1.165, 1.54) is 11.0 Å². The molecule has 0 aliphatic heterocycles. The van der Waals surface area contributed by atoms with Gasteiger partial charge in [-0.15, -0.1) is 0 Å². The number of amides is 1. The number of unbranched alkanes of at least 4 members (excludes halogenated alkanes) is 2. The smallest absolute Gasteiger partial charge is 0.339 e. The van der Waals surface area contributed by atoms with E-state index in [4.69, 9.17) is 0 Å². The number of alkyl halides is 3. The van der Waals surface area contributed by atoms with E-state index >= 15 is 0 Å². The molecule has 25 heavy (non-hydrogen) atoms. The summed E-state index contributed by atoms with van der Waals surface area (Å²) in [5, 5.41) is 0. The van der Waals surface area contributed by atoms with Gasteiger partial charge in [0.05, 0.1) is 0 Å². The molecule has 1 amide bonds. The predicted molar refractivity (Wildman–Crippen MR) is 96.0 cm³/mol. The molecule has 1 aromatic carbocycles. The van der Waals surface area contributed by atoms with Crippen molar-refractivity contribution in [1.29, 1.82) is 0 Å². The Balaban J connectivity index is 3.00. The summed E-state index contributed by atoms with van der Waals surface area (Å²) in [6.07, 6.45) is 2.09. The van der Waals surface area contributed by atoms with Crippen LogP contribution in [0, 0.1) is 0 Å². The molecule has 0 heterocycles. The molecule has 0 aromatic heterocycles. The third-order valence-electron chi connectivity index (χ3n) is 3.74. The van der Waals surface area contributed by atoms with Gasteiger partial charge in [0, 0.05) is 13.1 Å². The first-order valence-electron chi connectivity index (χ1n) is 8.70. The van der Waals surface area contributed by atoms with Gasteiger partial charge in [-0.3, -0.25) is 4.79 Å². The number of rotatable bonds is 9. The monoisotopic (exact) mass is 353 g/mol. The maximum absolute atomic E-state index is 13.4. The van der Waals surface area contributed by atoms with E-state index in [-0.39, 0.29) is 0 Å². The first-order valence-corrected chi connectivity index (χ1v) is 8.70.